The summed E-state index contributed by atoms with van der Waals surface area (Å²) in [4.78, 5) is 10.2. The van der Waals surface area contributed by atoms with E-state index >= 15 is 0 Å². The van der Waals surface area contributed by atoms with E-state index in [-0.39, 0.29) is 5.02 Å². The number of halogens is 2. The predicted octanol–water partition coefficient (Wildman–Crippen LogP) is 0.930. The van der Waals surface area contributed by atoms with Gasteiger partial charge in [0, 0.05) is 0 Å². The first-order valence-electron chi connectivity index (χ1n) is 4.39. The molecule has 0 aliphatic heterocycles. The molecule has 0 aliphatic carbocycles. The van der Waals surface area contributed by atoms with E-state index in [1.807, 2.05) is 4.72 Å². The van der Waals surface area contributed by atoms with E-state index in [9.17, 15) is 17.6 Å². The number of esters is 1. The van der Waals surface area contributed by atoms with Crippen LogP contribution in [-0.4, -0.2) is 28.0 Å². The second-order valence-corrected chi connectivity index (χ2v) is 5.10. The van der Waals surface area contributed by atoms with Gasteiger partial charge in [-0.25, -0.2) is 12.8 Å². The Balaban J connectivity index is 2.98. The molecular formula is C9H9ClFNO4S. The molecule has 0 saturated carbocycles. The van der Waals surface area contributed by atoms with Gasteiger partial charge in [0.1, 0.15) is 11.4 Å². The first-order valence-corrected chi connectivity index (χ1v) is 6.25. The van der Waals surface area contributed by atoms with Gasteiger partial charge < -0.3 is 4.74 Å². The molecule has 0 fully saturated rings. The second kappa shape index (κ2) is 5.44. The Morgan fingerprint density at radius 2 is 2.18 bits per heavy atom. The summed E-state index contributed by atoms with van der Waals surface area (Å²) < 4.78 is 42.8. The summed E-state index contributed by atoms with van der Waals surface area (Å²) in [6.07, 6.45) is 0. The molecule has 1 aromatic carbocycles. The lowest BCUT2D eigenvalue weighted by Crippen LogP contribution is -2.30. The van der Waals surface area contributed by atoms with Gasteiger partial charge in [0.2, 0.25) is 10.0 Å². The van der Waals surface area contributed by atoms with Crippen molar-refractivity contribution in [3.8, 4) is 0 Å². The van der Waals surface area contributed by atoms with E-state index in [1.165, 1.54) is 12.1 Å². The fourth-order valence-corrected chi connectivity index (χ4v) is 2.29. The minimum absolute atomic E-state index is 0.314. The molecule has 0 spiro atoms. The SMILES string of the molecule is COC(=O)CNS(=O)(=O)c1cccc(Cl)c1F. The van der Waals surface area contributed by atoms with Crippen LogP contribution >= 0.6 is 11.6 Å². The molecule has 0 bridgehead atoms. The molecule has 0 atom stereocenters. The largest absolute Gasteiger partial charge is 0.468 e. The van der Waals surface area contributed by atoms with Crippen molar-refractivity contribution >= 4 is 27.6 Å². The van der Waals surface area contributed by atoms with Crippen LogP contribution in [-0.2, 0) is 19.6 Å². The molecule has 1 N–H and O–H groups in total. The number of methoxy groups -OCH3 is 1. The maximum absolute atomic E-state index is 13.4. The third-order valence-corrected chi connectivity index (χ3v) is 3.55. The van der Waals surface area contributed by atoms with Gasteiger partial charge in [0.25, 0.3) is 0 Å². The average Bonchev–Trinajstić information content (AvgIpc) is 2.29. The fraction of sp³-hybridized carbons (Fsp3) is 0.222. The Morgan fingerprint density at radius 3 is 2.76 bits per heavy atom. The summed E-state index contributed by atoms with van der Waals surface area (Å²) in [6.45, 7) is -0.579. The highest BCUT2D eigenvalue weighted by atomic mass is 35.5. The van der Waals surface area contributed by atoms with Crippen molar-refractivity contribution in [1.82, 2.24) is 4.72 Å². The number of sulfonamides is 1. The van der Waals surface area contributed by atoms with Gasteiger partial charge in [0.05, 0.1) is 12.1 Å². The highest BCUT2D eigenvalue weighted by molar-refractivity contribution is 7.89. The van der Waals surface area contributed by atoms with Gasteiger partial charge in [-0.1, -0.05) is 17.7 Å². The van der Waals surface area contributed by atoms with Crippen molar-refractivity contribution in [2.24, 2.45) is 0 Å². The minimum atomic E-state index is -4.13. The monoisotopic (exact) mass is 281 g/mol. The first kappa shape index (κ1) is 13.9. The molecule has 94 valence electrons. The molecule has 0 aromatic heterocycles. The van der Waals surface area contributed by atoms with Crippen LogP contribution < -0.4 is 4.72 Å². The Labute approximate surface area is 103 Å². The van der Waals surface area contributed by atoms with Crippen LogP contribution in [0.4, 0.5) is 4.39 Å². The molecular weight excluding hydrogens is 273 g/mol. The van der Waals surface area contributed by atoms with Crippen molar-refractivity contribution in [3.05, 3.63) is 29.0 Å². The summed E-state index contributed by atoms with van der Waals surface area (Å²) in [5.74, 6) is -1.84. The summed E-state index contributed by atoms with van der Waals surface area (Å²) in [5, 5.41) is -0.314. The lowest BCUT2D eigenvalue weighted by atomic mass is 10.3. The van der Waals surface area contributed by atoms with Crippen LogP contribution in [0.15, 0.2) is 23.1 Å². The van der Waals surface area contributed by atoms with E-state index in [4.69, 9.17) is 11.6 Å². The van der Waals surface area contributed by atoms with Gasteiger partial charge in [-0.2, -0.15) is 4.72 Å². The molecule has 0 unspecified atom stereocenters. The third-order valence-electron chi connectivity index (χ3n) is 1.84. The van der Waals surface area contributed by atoms with Crippen molar-refractivity contribution in [2.75, 3.05) is 13.7 Å². The Hall–Kier alpha value is -1.18. The Kier molecular flexibility index (Phi) is 4.44. The van der Waals surface area contributed by atoms with E-state index in [0.29, 0.717) is 0 Å². The van der Waals surface area contributed by atoms with Crippen molar-refractivity contribution in [2.45, 2.75) is 4.90 Å². The standard InChI is InChI=1S/C9H9ClFNO4S/c1-16-8(13)5-12-17(14,15)7-4-2-3-6(10)9(7)11/h2-4,12H,5H2,1H3. The van der Waals surface area contributed by atoms with Gasteiger partial charge in [-0.05, 0) is 12.1 Å². The zero-order chi connectivity index (χ0) is 13.1. The summed E-state index contributed by atoms with van der Waals surface area (Å²) in [5.41, 5.74) is 0. The quantitative estimate of drug-likeness (QED) is 0.834. The molecule has 1 rings (SSSR count). The normalized spacial score (nSPS) is 11.2. The maximum Gasteiger partial charge on any atom is 0.320 e. The molecule has 0 aliphatic rings. The third kappa shape index (κ3) is 3.39. The smallest absolute Gasteiger partial charge is 0.320 e. The van der Waals surface area contributed by atoms with Crippen LogP contribution in [0.25, 0.3) is 0 Å². The Morgan fingerprint density at radius 1 is 1.53 bits per heavy atom. The Bertz CT molecular complexity index is 532. The number of carbonyl (C=O) groups excluding carboxylic acids is 1. The highest BCUT2D eigenvalue weighted by Crippen LogP contribution is 2.21. The molecule has 8 heteroatoms. The van der Waals surface area contributed by atoms with E-state index in [2.05, 4.69) is 4.74 Å². The van der Waals surface area contributed by atoms with Gasteiger partial charge in [0.15, 0.2) is 5.82 Å². The lowest BCUT2D eigenvalue weighted by Gasteiger charge is -2.07. The van der Waals surface area contributed by atoms with Gasteiger partial charge in [-0.3, -0.25) is 4.79 Å². The van der Waals surface area contributed by atoms with Crippen LogP contribution in [0, 0.1) is 5.82 Å². The van der Waals surface area contributed by atoms with Crippen molar-refractivity contribution in [1.29, 1.82) is 0 Å². The predicted molar refractivity (Wildman–Crippen MR) is 58.6 cm³/mol. The molecule has 0 radical (unpaired) electrons. The number of hydrogen-bond donors (Lipinski definition) is 1. The average molecular weight is 282 g/mol. The molecule has 1 aromatic rings. The summed E-state index contributed by atoms with van der Waals surface area (Å²) in [7, 11) is -3.02. The van der Waals surface area contributed by atoms with Crippen LogP contribution in [0.2, 0.25) is 5.02 Å². The molecule has 0 amide bonds. The zero-order valence-corrected chi connectivity index (χ0v) is 10.3. The van der Waals surface area contributed by atoms with E-state index < -0.39 is 33.3 Å². The molecule has 5 nitrogen and oxygen atoms in total. The highest BCUT2D eigenvalue weighted by Gasteiger charge is 2.21. The second-order valence-electron chi connectivity index (χ2n) is 2.95. The number of rotatable bonds is 4. The number of carbonyl (C=O) groups is 1. The molecule has 17 heavy (non-hydrogen) atoms. The number of hydrogen-bond acceptors (Lipinski definition) is 4. The van der Waals surface area contributed by atoms with E-state index in [1.54, 1.807) is 0 Å². The summed E-state index contributed by atoms with van der Waals surface area (Å²) in [6, 6.07) is 3.55. The molecule has 0 saturated heterocycles. The van der Waals surface area contributed by atoms with Crippen LogP contribution in [0.3, 0.4) is 0 Å². The van der Waals surface area contributed by atoms with Crippen LogP contribution in [0.1, 0.15) is 0 Å². The topological polar surface area (TPSA) is 72.5 Å². The van der Waals surface area contributed by atoms with Crippen molar-refractivity contribution in [3.63, 3.8) is 0 Å². The number of benzene rings is 1. The number of nitrogens with one attached hydrogen (secondary N) is 1. The zero-order valence-electron chi connectivity index (χ0n) is 8.74. The summed E-state index contributed by atoms with van der Waals surface area (Å²) >= 11 is 5.45. The first-order chi connectivity index (χ1) is 7.88. The molecule has 0 heterocycles. The van der Waals surface area contributed by atoms with Crippen molar-refractivity contribution < 1.29 is 22.3 Å². The fourth-order valence-electron chi connectivity index (χ4n) is 0.995. The van der Waals surface area contributed by atoms with Crippen LogP contribution in [0.5, 0.6) is 0 Å². The maximum atomic E-state index is 13.4. The lowest BCUT2D eigenvalue weighted by molar-refractivity contribution is -0.139. The van der Waals surface area contributed by atoms with Gasteiger partial charge in [-0.15, -0.1) is 0 Å². The van der Waals surface area contributed by atoms with Gasteiger partial charge >= 0.3 is 5.97 Å². The number of ether oxygens (including phenoxy) is 1. The minimum Gasteiger partial charge on any atom is -0.468 e. The van der Waals surface area contributed by atoms with E-state index in [0.717, 1.165) is 13.2 Å².